The predicted octanol–water partition coefficient (Wildman–Crippen LogP) is 4.06. The molecule has 0 aliphatic heterocycles. The smallest absolute Gasteiger partial charge is 0.272 e. The first-order valence-electron chi connectivity index (χ1n) is 7.53. The van der Waals surface area contributed by atoms with Gasteiger partial charge in [0.2, 0.25) is 0 Å². The zero-order valence-corrected chi connectivity index (χ0v) is 15.0. The molecule has 2 N–H and O–H groups in total. The standard InChI is InChI=1S/C17H11Cl2N5O3/c18-12-4-2-11(3-5-12)14-8-15(22-21-14)17(25)23-20-9-10-1-6-13(19)16(7-10)24(26)27/h1-9H,(H,21,22)(H,23,25). The van der Waals surface area contributed by atoms with Crippen molar-refractivity contribution in [2.75, 3.05) is 0 Å². The van der Waals surface area contributed by atoms with Crippen LogP contribution in [0.5, 0.6) is 0 Å². The molecule has 0 unspecified atom stereocenters. The van der Waals surface area contributed by atoms with Crippen LogP contribution < -0.4 is 5.43 Å². The predicted molar refractivity (Wildman–Crippen MR) is 102 cm³/mol. The summed E-state index contributed by atoms with van der Waals surface area (Å²) in [4.78, 5) is 22.4. The van der Waals surface area contributed by atoms with E-state index in [0.717, 1.165) is 5.56 Å². The number of hydrogen-bond acceptors (Lipinski definition) is 5. The second-order valence-corrected chi connectivity index (χ2v) is 6.18. The zero-order valence-electron chi connectivity index (χ0n) is 13.5. The maximum atomic E-state index is 12.1. The Balaban J connectivity index is 1.68. The molecule has 3 rings (SSSR count). The van der Waals surface area contributed by atoms with E-state index in [1.54, 1.807) is 36.4 Å². The highest BCUT2D eigenvalue weighted by Crippen LogP contribution is 2.24. The summed E-state index contributed by atoms with van der Waals surface area (Å²) in [7, 11) is 0. The van der Waals surface area contributed by atoms with Crippen molar-refractivity contribution in [3.8, 4) is 11.3 Å². The number of amides is 1. The molecule has 0 spiro atoms. The van der Waals surface area contributed by atoms with E-state index in [0.29, 0.717) is 16.3 Å². The maximum Gasteiger partial charge on any atom is 0.289 e. The summed E-state index contributed by atoms with van der Waals surface area (Å²) >= 11 is 11.6. The summed E-state index contributed by atoms with van der Waals surface area (Å²) in [6.07, 6.45) is 1.28. The molecule has 0 fully saturated rings. The first-order chi connectivity index (χ1) is 12.9. The Morgan fingerprint density at radius 1 is 1.19 bits per heavy atom. The van der Waals surface area contributed by atoms with E-state index < -0.39 is 10.8 Å². The second-order valence-electron chi connectivity index (χ2n) is 5.34. The van der Waals surface area contributed by atoms with E-state index in [2.05, 4.69) is 20.7 Å². The third kappa shape index (κ3) is 4.49. The summed E-state index contributed by atoms with van der Waals surface area (Å²) in [5.41, 5.74) is 4.08. The molecule has 3 aromatic rings. The van der Waals surface area contributed by atoms with Crippen molar-refractivity contribution < 1.29 is 9.72 Å². The van der Waals surface area contributed by atoms with Crippen LogP contribution in [0.2, 0.25) is 10.0 Å². The maximum absolute atomic E-state index is 12.1. The Bertz CT molecular complexity index is 1030. The zero-order chi connectivity index (χ0) is 19.4. The Morgan fingerprint density at radius 2 is 1.93 bits per heavy atom. The molecule has 136 valence electrons. The van der Waals surface area contributed by atoms with E-state index >= 15 is 0 Å². The van der Waals surface area contributed by atoms with Crippen LogP contribution in [0.15, 0.2) is 53.6 Å². The van der Waals surface area contributed by atoms with Gasteiger partial charge in [-0.3, -0.25) is 20.0 Å². The van der Waals surface area contributed by atoms with Crippen molar-refractivity contribution in [2.24, 2.45) is 5.10 Å². The van der Waals surface area contributed by atoms with Gasteiger partial charge in [0.15, 0.2) is 0 Å². The van der Waals surface area contributed by atoms with Crippen molar-refractivity contribution >= 4 is 41.0 Å². The largest absolute Gasteiger partial charge is 0.289 e. The molecule has 0 bridgehead atoms. The minimum atomic E-state index is -0.596. The van der Waals surface area contributed by atoms with E-state index in [9.17, 15) is 14.9 Å². The highest BCUT2D eigenvalue weighted by Gasteiger charge is 2.13. The summed E-state index contributed by atoms with van der Waals surface area (Å²) in [6, 6.07) is 12.8. The summed E-state index contributed by atoms with van der Waals surface area (Å²) in [5, 5.41) is 22.0. The summed E-state index contributed by atoms with van der Waals surface area (Å²) < 4.78 is 0. The lowest BCUT2D eigenvalue weighted by Crippen LogP contribution is -2.18. The van der Waals surface area contributed by atoms with E-state index in [1.807, 2.05) is 0 Å². The molecular formula is C17H11Cl2N5O3. The number of nitro benzene ring substituents is 1. The first kappa shape index (κ1) is 18.6. The molecular weight excluding hydrogens is 393 g/mol. The average Bonchev–Trinajstić information content (AvgIpc) is 3.13. The van der Waals surface area contributed by atoms with Gasteiger partial charge in [-0.15, -0.1) is 0 Å². The highest BCUT2D eigenvalue weighted by molar-refractivity contribution is 6.32. The Hall–Kier alpha value is -3.23. The van der Waals surface area contributed by atoms with Crippen LogP contribution in [0.3, 0.4) is 0 Å². The number of hydrazone groups is 1. The lowest BCUT2D eigenvalue weighted by Gasteiger charge is -1.98. The third-order valence-corrected chi connectivity index (χ3v) is 4.08. The Labute approximate surface area is 163 Å². The van der Waals surface area contributed by atoms with Gasteiger partial charge in [-0.2, -0.15) is 10.2 Å². The molecule has 0 saturated heterocycles. The fourth-order valence-corrected chi connectivity index (χ4v) is 2.49. The number of nitrogens with one attached hydrogen (secondary N) is 2. The minimum absolute atomic E-state index is 0.0216. The number of benzene rings is 2. The molecule has 1 amide bonds. The Kier molecular flexibility index (Phi) is 5.49. The van der Waals surface area contributed by atoms with Gasteiger partial charge in [-0.05, 0) is 24.3 Å². The van der Waals surface area contributed by atoms with Gasteiger partial charge in [0, 0.05) is 22.2 Å². The van der Waals surface area contributed by atoms with Crippen LogP contribution in [-0.4, -0.2) is 27.2 Å². The SMILES string of the molecule is O=C(NN=Cc1ccc(Cl)c([N+](=O)[O-])c1)c1cc(-c2ccc(Cl)cc2)n[nH]1. The number of H-pyrrole nitrogens is 1. The number of hydrogen-bond donors (Lipinski definition) is 2. The first-order valence-corrected chi connectivity index (χ1v) is 8.28. The molecule has 0 aliphatic carbocycles. The monoisotopic (exact) mass is 403 g/mol. The lowest BCUT2D eigenvalue weighted by molar-refractivity contribution is -0.384. The summed E-state index contributed by atoms with van der Waals surface area (Å²) in [6.45, 7) is 0. The number of aromatic amines is 1. The number of nitrogens with zero attached hydrogens (tertiary/aromatic N) is 3. The molecule has 0 saturated carbocycles. The van der Waals surface area contributed by atoms with Crippen LogP contribution in [0.4, 0.5) is 5.69 Å². The normalized spacial score (nSPS) is 10.9. The second kappa shape index (κ2) is 7.98. The van der Waals surface area contributed by atoms with Gasteiger partial charge in [-0.25, -0.2) is 5.43 Å². The van der Waals surface area contributed by atoms with Crippen molar-refractivity contribution in [3.63, 3.8) is 0 Å². The minimum Gasteiger partial charge on any atom is -0.272 e. The van der Waals surface area contributed by atoms with Gasteiger partial charge in [0.1, 0.15) is 10.7 Å². The van der Waals surface area contributed by atoms with Crippen LogP contribution in [-0.2, 0) is 0 Å². The fraction of sp³-hybridized carbons (Fsp3) is 0. The lowest BCUT2D eigenvalue weighted by atomic mass is 10.1. The van der Waals surface area contributed by atoms with Crippen LogP contribution in [0.25, 0.3) is 11.3 Å². The topological polar surface area (TPSA) is 113 Å². The van der Waals surface area contributed by atoms with Gasteiger partial charge in [0.25, 0.3) is 11.6 Å². The molecule has 10 heteroatoms. The highest BCUT2D eigenvalue weighted by atomic mass is 35.5. The van der Waals surface area contributed by atoms with Gasteiger partial charge < -0.3 is 0 Å². The van der Waals surface area contributed by atoms with Crippen LogP contribution in [0, 0.1) is 10.1 Å². The molecule has 8 nitrogen and oxygen atoms in total. The fourth-order valence-electron chi connectivity index (χ4n) is 2.18. The van der Waals surface area contributed by atoms with Crippen molar-refractivity contribution in [3.05, 3.63) is 79.9 Å². The molecule has 1 heterocycles. The number of rotatable bonds is 5. The number of halogens is 2. The number of carbonyl (C=O) groups is 1. The molecule has 0 atom stereocenters. The number of carbonyl (C=O) groups excluding carboxylic acids is 1. The van der Waals surface area contributed by atoms with E-state index in [4.69, 9.17) is 23.2 Å². The molecule has 27 heavy (non-hydrogen) atoms. The molecule has 0 aliphatic rings. The van der Waals surface area contributed by atoms with E-state index in [-0.39, 0.29) is 16.4 Å². The van der Waals surface area contributed by atoms with Gasteiger partial charge >= 0.3 is 0 Å². The third-order valence-electron chi connectivity index (χ3n) is 3.51. The van der Waals surface area contributed by atoms with Crippen molar-refractivity contribution in [1.29, 1.82) is 0 Å². The van der Waals surface area contributed by atoms with Crippen LogP contribution in [0.1, 0.15) is 16.1 Å². The molecule has 0 radical (unpaired) electrons. The van der Waals surface area contributed by atoms with E-state index in [1.165, 1.54) is 18.3 Å². The van der Waals surface area contributed by atoms with Crippen LogP contribution >= 0.6 is 23.2 Å². The van der Waals surface area contributed by atoms with Gasteiger partial charge in [0.05, 0.1) is 16.8 Å². The average molecular weight is 404 g/mol. The number of nitro groups is 1. The quantitative estimate of drug-likeness (QED) is 0.379. The summed E-state index contributed by atoms with van der Waals surface area (Å²) in [5.74, 6) is -0.512. The van der Waals surface area contributed by atoms with Gasteiger partial charge in [-0.1, -0.05) is 41.4 Å². The number of aromatic nitrogens is 2. The molecule has 2 aromatic carbocycles. The Morgan fingerprint density at radius 3 is 2.63 bits per heavy atom. The molecule has 1 aromatic heterocycles. The van der Waals surface area contributed by atoms with Crippen molar-refractivity contribution in [2.45, 2.75) is 0 Å². The van der Waals surface area contributed by atoms with Crippen molar-refractivity contribution in [1.82, 2.24) is 15.6 Å².